The molecule has 25 heavy (non-hydrogen) atoms. The third kappa shape index (κ3) is 4.93. The van der Waals surface area contributed by atoms with Gasteiger partial charge >= 0.3 is 0 Å². The Morgan fingerprint density at radius 3 is 2.84 bits per heavy atom. The summed E-state index contributed by atoms with van der Waals surface area (Å²) in [5.41, 5.74) is 0.841. The number of aromatic nitrogens is 1. The molecule has 2 aromatic carbocycles. The molecular formula is C18H17FN2O2S2. The van der Waals surface area contributed by atoms with Gasteiger partial charge in [-0.05, 0) is 54.6 Å². The minimum absolute atomic E-state index is 0.0503. The Hall–Kier alpha value is -2.12. The van der Waals surface area contributed by atoms with Gasteiger partial charge in [0.2, 0.25) is 5.91 Å². The second kappa shape index (κ2) is 8.31. The summed E-state index contributed by atoms with van der Waals surface area (Å²) < 4.78 is 19.0. The molecule has 130 valence electrons. The number of nitrogens with one attached hydrogen (secondary N) is 1. The number of thiazole rings is 1. The number of carbonyl (C=O) groups is 1. The Morgan fingerprint density at radius 2 is 2.08 bits per heavy atom. The normalized spacial score (nSPS) is 10.8. The lowest BCUT2D eigenvalue weighted by Crippen LogP contribution is -2.11. The van der Waals surface area contributed by atoms with Crippen molar-refractivity contribution in [3.63, 3.8) is 0 Å². The van der Waals surface area contributed by atoms with Crippen LogP contribution in [0, 0.1) is 5.82 Å². The van der Waals surface area contributed by atoms with E-state index < -0.39 is 0 Å². The number of rotatable bonds is 7. The van der Waals surface area contributed by atoms with Crippen LogP contribution in [0.1, 0.15) is 12.8 Å². The highest BCUT2D eigenvalue weighted by Gasteiger charge is 2.08. The summed E-state index contributed by atoms with van der Waals surface area (Å²) in [6.07, 6.45) is 1.17. The minimum atomic E-state index is -0.239. The highest BCUT2D eigenvalue weighted by molar-refractivity contribution is 7.99. The zero-order valence-electron chi connectivity index (χ0n) is 13.6. The van der Waals surface area contributed by atoms with Crippen molar-refractivity contribution < 1.29 is 13.9 Å². The van der Waals surface area contributed by atoms with Crippen LogP contribution in [-0.4, -0.2) is 23.8 Å². The molecule has 0 bridgehead atoms. The van der Waals surface area contributed by atoms with E-state index in [1.807, 2.05) is 18.2 Å². The number of hydrogen-bond acceptors (Lipinski definition) is 5. The Labute approximate surface area is 153 Å². The first-order chi connectivity index (χ1) is 12.1. The predicted octanol–water partition coefficient (Wildman–Crippen LogP) is 4.96. The van der Waals surface area contributed by atoms with Gasteiger partial charge in [0, 0.05) is 11.3 Å². The summed E-state index contributed by atoms with van der Waals surface area (Å²) in [6.45, 7) is 0. The highest BCUT2D eigenvalue weighted by atomic mass is 32.2. The molecule has 0 aliphatic rings. The molecule has 0 spiro atoms. The third-order valence-corrected chi connectivity index (χ3v) is 5.50. The van der Waals surface area contributed by atoms with Gasteiger partial charge in [0.05, 0.1) is 17.3 Å². The molecule has 1 heterocycles. The monoisotopic (exact) mass is 376 g/mol. The predicted molar refractivity (Wildman–Crippen MR) is 101 cm³/mol. The number of halogens is 1. The van der Waals surface area contributed by atoms with Crippen LogP contribution < -0.4 is 10.1 Å². The van der Waals surface area contributed by atoms with Crippen LogP contribution in [0.4, 0.5) is 9.52 Å². The number of thioether (sulfide) groups is 1. The van der Waals surface area contributed by atoms with E-state index in [0.717, 1.165) is 33.0 Å². The molecule has 0 radical (unpaired) electrons. The molecule has 0 aliphatic heterocycles. The number of carbonyl (C=O) groups excluding carboxylic acids is 1. The van der Waals surface area contributed by atoms with Crippen LogP contribution in [-0.2, 0) is 4.79 Å². The largest absolute Gasteiger partial charge is 0.497 e. The van der Waals surface area contributed by atoms with E-state index >= 15 is 0 Å². The maximum absolute atomic E-state index is 12.8. The number of ether oxygens (including phenoxy) is 1. The fraction of sp³-hybridized carbons (Fsp3) is 0.222. The summed E-state index contributed by atoms with van der Waals surface area (Å²) in [5.74, 6) is 1.28. The van der Waals surface area contributed by atoms with Gasteiger partial charge in [-0.15, -0.1) is 11.8 Å². The van der Waals surface area contributed by atoms with Crippen molar-refractivity contribution in [2.24, 2.45) is 0 Å². The van der Waals surface area contributed by atoms with Crippen molar-refractivity contribution in [1.29, 1.82) is 0 Å². The maximum Gasteiger partial charge on any atom is 0.226 e. The lowest BCUT2D eigenvalue weighted by atomic mass is 10.3. The first-order valence-corrected chi connectivity index (χ1v) is 9.57. The van der Waals surface area contributed by atoms with E-state index in [1.165, 1.54) is 23.5 Å². The number of methoxy groups -OCH3 is 1. The van der Waals surface area contributed by atoms with Crippen molar-refractivity contribution in [3.05, 3.63) is 48.3 Å². The number of benzene rings is 2. The van der Waals surface area contributed by atoms with Gasteiger partial charge in [-0.3, -0.25) is 4.79 Å². The average Bonchev–Trinajstić information content (AvgIpc) is 3.01. The molecule has 0 unspecified atom stereocenters. The fourth-order valence-corrected chi connectivity index (χ4v) is 3.98. The van der Waals surface area contributed by atoms with Gasteiger partial charge < -0.3 is 10.1 Å². The van der Waals surface area contributed by atoms with E-state index in [9.17, 15) is 9.18 Å². The standard InChI is InChI=1S/C18H17FN2O2S2/c1-23-13-6-9-15-16(11-13)25-18(20-15)21-17(22)3-2-10-24-14-7-4-12(19)5-8-14/h4-9,11H,2-3,10H2,1H3,(H,20,21,22). The molecule has 0 fully saturated rings. The summed E-state index contributed by atoms with van der Waals surface area (Å²) in [7, 11) is 1.62. The molecule has 3 rings (SSSR count). The first-order valence-electron chi connectivity index (χ1n) is 7.77. The molecule has 0 saturated heterocycles. The fourth-order valence-electron chi connectivity index (χ4n) is 2.22. The topological polar surface area (TPSA) is 51.2 Å². The van der Waals surface area contributed by atoms with Gasteiger partial charge in [-0.25, -0.2) is 9.37 Å². The van der Waals surface area contributed by atoms with Crippen molar-refractivity contribution >= 4 is 44.4 Å². The highest BCUT2D eigenvalue weighted by Crippen LogP contribution is 2.29. The smallest absolute Gasteiger partial charge is 0.226 e. The Bertz CT molecular complexity index is 865. The number of fused-ring (bicyclic) bond motifs is 1. The summed E-state index contributed by atoms with van der Waals surface area (Å²) in [4.78, 5) is 17.4. The molecule has 0 atom stereocenters. The van der Waals surface area contributed by atoms with Crippen LogP contribution >= 0.6 is 23.1 Å². The third-order valence-electron chi connectivity index (χ3n) is 3.47. The Kier molecular flexibility index (Phi) is 5.88. The van der Waals surface area contributed by atoms with Crippen molar-refractivity contribution in [1.82, 2.24) is 4.98 Å². The van der Waals surface area contributed by atoms with E-state index in [4.69, 9.17) is 4.74 Å². The number of amides is 1. The zero-order valence-corrected chi connectivity index (χ0v) is 15.3. The van der Waals surface area contributed by atoms with Crippen LogP contribution in [0.25, 0.3) is 10.2 Å². The number of anilines is 1. The SMILES string of the molecule is COc1ccc2nc(NC(=O)CCCSc3ccc(F)cc3)sc2c1. The van der Waals surface area contributed by atoms with E-state index in [2.05, 4.69) is 10.3 Å². The molecule has 1 aromatic heterocycles. The van der Waals surface area contributed by atoms with Crippen LogP contribution in [0.15, 0.2) is 47.4 Å². The molecule has 1 N–H and O–H groups in total. The average molecular weight is 376 g/mol. The van der Waals surface area contributed by atoms with E-state index in [0.29, 0.717) is 11.6 Å². The molecule has 0 saturated carbocycles. The van der Waals surface area contributed by atoms with Gasteiger partial charge in [-0.1, -0.05) is 11.3 Å². The number of nitrogens with zero attached hydrogens (tertiary/aromatic N) is 1. The van der Waals surface area contributed by atoms with E-state index in [-0.39, 0.29) is 11.7 Å². The second-order valence-corrected chi connectivity index (χ2v) is 7.51. The molecule has 1 amide bonds. The van der Waals surface area contributed by atoms with Gasteiger partial charge in [0.1, 0.15) is 11.6 Å². The number of hydrogen-bond donors (Lipinski definition) is 1. The summed E-state index contributed by atoms with van der Waals surface area (Å²) >= 11 is 3.04. The van der Waals surface area contributed by atoms with Gasteiger partial charge in [0.25, 0.3) is 0 Å². The van der Waals surface area contributed by atoms with Crippen LogP contribution in [0.5, 0.6) is 5.75 Å². The molecule has 3 aromatic rings. The Balaban J connectivity index is 1.46. The van der Waals surface area contributed by atoms with Crippen LogP contribution in [0.3, 0.4) is 0 Å². The summed E-state index contributed by atoms with van der Waals surface area (Å²) in [5, 5.41) is 3.44. The van der Waals surface area contributed by atoms with Crippen LogP contribution in [0.2, 0.25) is 0 Å². The van der Waals surface area contributed by atoms with E-state index in [1.54, 1.807) is 31.0 Å². The lowest BCUT2D eigenvalue weighted by Gasteiger charge is -2.02. The lowest BCUT2D eigenvalue weighted by molar-refractivity contribution is -0.116. The summed E-state index contributed by atoms with van der Waals surface area (Å²) in [6, 6.07) is 12.0. The maximum atomic E-state index is 12.8. The quantitative estimate of drug-likeness (QED) is 0.468. The van der Waals surface area contributed by atoms with Gasteiger partial charge in [-0.2, -0.15) is 0 Å². The minimum Gasteiger partial charge on any atom is -0.497 e. The van der Waals surface area contributed by atoms with Crippen molar-refractivity contribution in [2.45, 2.75) is 17.7 Å². The first kappa shape index (κ1) is 17.7. The zero-order chi connectivity index (χ0) is 17.6. The van der Waals surface area contributed by atoms with Crippen molar-refractivity contribution in [2.75, 3.05) is 18.2 Å². The molecule has 4 nitrogen and oxygen atoms in total. The van der Waals surface area contributed by atoms with Gasteiger partial charge in [0.15, 0.2) is 5.13 Å². The molecule has 0 aliphatic carbocycles. The Morgan fingerprint density at radius 1 is 1.28 bits per heavy atom. The molecule has 7 heteroatoms. The molecular weight excluding hydrogens is 359 g/mol. The van der Waals surface area contributed by atoms with Crippen molar-refractivity contribution in [3.8, 4) is 5.75 Å². The second-order valence-electron chi connectivity index (χ2n) is 5.31.